The highest BCUT2D eigenvalue weighted by Crippen LogP contribution is 2.61. The zero-order chi connectivity index (χ0) is 28.3. The van der Waals surface area contributed by atoms with Gasteiger partial charge in [-0.25, -0.2) is 4.98 Å². The highest BCUT2D eigenvalue weighted by atomic mass is 35.5. The van der Waals surface area contributed by atoms with E-state index in [0.29, 0.717) is 66.1 Å². The average Bonchev–Trinajstić information content (AvgIpc) is 3.59. The average molecular weight is 618 g/mol. The van der Waals surface area contributed by atoms with E-state index in [1.807, 2.05) is 24.3 Å². The Morgan fingerprint density at radius 2 is 1.98 bits per heavy atom. The summed E-state index contributed by atoms with van der Waals surface area (Å²) < 4.78 is 41.5. The summed E-state index contributed by atoms with van der Waals surface area (Å²) in [6.07, 6.45) is 4.62. The van der Waals surface area contributed by atoms with Crippen LogP contribution in [-0.2, 0) is 37.6 Å². The number of pyridine rings is 1. The maximum absolute atomic E-state index is 13.7. The Bertz CT molecular complexity index is 1420. The molecule has 41 heavy (non-hydrogen) atoms. The predicted octanol–water partition coefficient (Wildman–Crippen LogP) is 5.21. The first-order valence-corrected chi connectivity index (χ1v) is 16.4. The van der Waals surface area contributed by atoms with Crippen LogP contribution in [0.1, 0.15) is 37.9 Å². The molecule has 5 aliphatic rings. The molecular formula is C29H34BCl2N3O5S. The van der Waals surface area contributed by atoms with Gasteiger partial charge in [0, 0.05) is 29.8 Å². The van der Waals surface area contributed by atoms with E-state index in [4.69, 9.17) is 46.6 Å². The molecule has 6 atom stereocenters. The van der Waals surface area contributed by atoms with E-state index in [1.54, 1.807) is 12.3 Å². The van der Waals surface area contributed by atoms with Gasteiger partial charge in [-0.2, -0.15) is 0 Å². The second-order valence-corrected chi connectivity index (χ2v) is 14.3. The van der Waals surface area contributed by atoms with Gasteiger partial charge >= 0.3 is 7.12 Å². The second-order valence-electron chi connectivity index (χ2n) is 12.2. The lowest BCUT2D eigenvalue weighted by Gasteiger charge is -2.60. The maximum atomic E-state index is 13.7. The molecule has 0 radical (unpaired) electrons. The molecule has 4 heterocycles. The largest absolute Gasteiger partial charge is 0.598 e. The van der Waals surface area contributed by atoms with Gasteiger partial charge in [0.2, 0.25) is 0 Å². The monoisotopic (exact) mass is 617 g/mol. The Labute approximate surface area is 253 Å². The van der Waals surface area contributed by atoms with E-state index in [-0.39, 0.29) is 29.3 Å². The topological polar surface area (TPSA) is 92.0 Å². The Morgan fingerprint density at radius 1 is 1.17 bits per heavy atom. The fraction of sp³-hybridized carbons (Fsp3) is 0.552. The summed E-state index contributed by atoms with van der Waals surface area (Å²) >= 11 is 11.5. The highest BCUT2D eigenvalue weighted by Gasteiger charge is 2.63. The van der Waals surface area contributed by atoms with Gasteiger partial charge in [0.15, 0.2) is 5.75 Å². The molecule has 218 valence electrons. The molecule has 3 aromatic rings. The summed E-state index contributed by atoms with van der Waals surface area (Å²) in [5, 5.41) is 1.89. The number of hydrogen-bond donors (Lipinski definition) is 1. The van der Waals surface area contributed by atoms with Crippen LogP contribution < -0.4 is 9.62 Å². The summed E-state index contributed by atoms with van der Waals surface area (Å²) in [7, 11) is -0.532. The third kappa shape index (κ3) is 5.29. The number of furan rings is 1. The Hall–Kier alpha value is -1.50. The third-order valence-electron chi connectivity index (χ3n) is 9.60. The van der Waals surface area contributed by atoms with Crippen LogP contribution >= 0.6 is 23.2 Å². The van der Waals surface area contributed by atoms with Gasteiger partial charge in [-0.1, -0.05) is 55.2 Å². The first-order valence-electron chi connectivity index (χ1n) is 14.4. The summed E-state index contributed by atoms with van der Waals surface area (Å²) in [5.74, 6) is 1.53. The van der Waals surface area contributed by atoms with Crippen LogP contribution in [0.2, 0.25) is 10.0 Å². The predicted molar refractivity (Wildman–Crippen MR) is 161 cm³/mol. The molecule has 2 bridgehead atoms. The molecule has 3 saturated carbocycles. The van der Waals surface area contributed by atoms with Crippen molar-refractivity contribution in [3.63, 3.8) is 0 Å². The lowest BCUT2D eigenvalue weighted by molar-refractivity contribution is -0.150. The van der Waals surface area contributed by atoms with E-state index in [0.717, 1.165) is 23.0 Å². The quantitative estimate of drug-likeness (QED) is 0.272. The number of nitrogens with one attached hydrogen (secondary N) is 1. The number of rotatable bonds is 8. The van der Waals surface area contributed by atoms with Gasteiger partial charge in [0.05, 0.1) is 47.7 Å². The van der Waals surface area contributed by atoms with Crippen molar-refractivity contribution in [1.82, 2.24) is 9.71 Å². The number of fused-ring (bicyclic) bond motifs is 1. The van der Waals surface area contributed by atoms with E-state index in [9.17, 15) is 4.55 Å². The van der Waals surface area contributed by atoms with Crippen molar-refractivity contribution in [2.45, 2.75) is 57.0 Å². The van der Waals surface area contributed by atoms with Gasteiger partial charge in [-0.3, -0.25) is 0 Å². The summed E-state index contributed by atoms with van der Waals surface area (Å²) in [4.78, 5) is 6.82. The van der Waals surface area contributed by atoms with Crippen molar-refractivity contribution >= 4 is 58.5 Å². The van der Waals surface area contributed by atoms with E-state index < -0.39 is 18.5 Å². The van der Waals surface area contributed by atoms with Crippen molar-refractivity contribution < 1.29 is 23.0 Å². The molecule has 2 saturated heterocycles. The number of anilines is 1. The molecule has 0 spiro atoms. The van der Waals surface area contributed by atoms with Crippen LogP contribution in [0, 0.1) is 17.3 Å². The zero-order valence-corrected chi connectivity index (χ0v) is 25.5. The van der Waals surface area contributed by atoms with Gasteiger partial charge in [0.25, 0.3) is 0 Å². The fourth-order valence-corrected chi connectivity index (χ4v) is 8.81. The normalized spacial score (nSPS) is 28.4. The maximum Gasteiger partial charge on any atom is 0.480 e. The molecule has 2 aromatic heterocycles. The SMILES string of the molecule is CC1(C)C2CC3OB(C(Cc4coc5ccccc45)N[S+]([O-])Cc4nc(N5CCOCC5)c(Cl)cc4Cl)OC3C1C2. The Balaban J connectivity index is 1.12. The molecular weight excluding hydrogens is 584 g/mol. The molecule has 8 nitrogen and oxygen atoms in total. The molecule has 2 aliphatic heterocycles. The summed E-state index contributed by atoms with van der Waals surface area (Å²) in [6.45, 7) is 7.27. The molecule has 3 aliphatic carbocycles. The molecule has 6 unspecified atom stereocenters. The minimum absolute atomic E-state index is 0.0577. The number of ether oxygens (including phenoxy) is 1. The summed E-state index contributed by atoms with van der Waals surface area (Å²) in [5.41, 5.74) is 2.63. The summed E-state index contributed by atoms with van der Waals surface area (Å²) in [6, 6.07) is 9.63. The fourth-order valence-electron chi connectivity index (χ4n) is 7.10. The van der Waals surface area contributed by atoms with Gasteiger partial charge in [0.1, 0.15) is 17.1 Å². The minimum atomic E-state index is -1.52. The molecule has 8 rings (SSSR count). The number of nitrogens with zero attached hydrogens (tertiary/aromatic N) is 2. The highest BCUT2D eigenvalue weighted by molar-refractivity contribution is 7.88. The van der Waals surface area contributed by atoms with E-state index in [2.05, 4.69) is 23.5 Å². The number of halogens is 2. The van der Waals surface area contributed by atoms with Crippen molar-refractivity contribution in [3.8, 4) is 0 Å². The standard InChI is InChI=1S/C29H34BCl2N3O5S/c1-29(2)18-12-20(29)27-25(13-18)39-30(40-27)26(11-17-15-38-24-6-4-3-5-19(17)24)34-41(36)16-23-21(31)14-22(32)28(33-23)35-7-9-37-10-8-35/h3-6,14-15,18,20,25-27,34H,7-13,16H2,1-2H3. The van der Waals surface area contributed by atoms with Gasteiger partial charge in [-0.05, 0) is 54.2 Å². The third-order valence-corrected chi connectivity index (χ3v) is 11.3. The smallest absolute Gasteiger partial charge is 0.480 e. The Kier molecular flexibility index (Phi) is 7.73. The number of benzene rings is 1. The second kappa shape index (κ2) is 11.2. The number of para-hydroxylation sites is 1. The van der Waals surface area contributed by atoms with Crippen molar-refractivity contribution in [2.75, 3.05) is 31.2 Å². The van der Waals surface area contributed by atoms with Crippen LogP contribution in [0.4, 0.5) is 5.82 Å². The van der Waals surface area contributed by atoms with Gasteiger partial charge in [-0.15, -0.1) is 4.72 Å². The van der Waals surface area contributed by atoms with Crippen LogP contribution in [0.15, 0.2) is 41.0 Å². The van der Waals surface area contributed by atoms with Crippen molar-refractivity contribution in [3.05, 3.63) is 57.9 Å². The van der Waals surface area contributed by atoms with Crippen LogP contribution in [-0.4, -0.2) is 61.1 Å². The van der Waals surface area contributed by atoms with Crippen molar-refractivity contribution in [1.29, 1.82) is 0 Å². The lowest BCUT2D eigenvalue weighted by Crippen LogP contribution is -2.59. The molecule has 1 N–H and O–H groups in total. The number of hydrogen-bond acceptors (Lipinski definition) is 8. The van der Waals surface area contributed by atoms with Crippen LogP contribution in [0.25, 0.3) is 11.0 Å². The first kappa shape index (κ1) is 28.3. The zero-order valence-electron chi connectivity index (χ0n) is 23.2. The molecule has 12 heteroatoms. The lowest BCUT2D eigenvalue weighted by atomic mass is 9.47. The van der Waals surface area contributed by atoms with Crippen LogP contribution in [0.5, 0.6) is 0 Å². The van der Waals surface area contributed by atoms with E-state index in [1.165, 1.54) is 6.42 Å². The Morgan fingerprint density at radius 3 is 2.78 bits per heavy atom. The number of aromatic nitrogens is 1. The van der Waals surface area contributed by atoms with Crippen molar-refractivity contribution in [2.24, 2.45) is 17.3 Å². The molecule has 5 fully saturated rings. The molecule has 0 amide bonds. The van der Waals surface area contributed by atoms with Crippen LogP contribution in [0.3, 0.4) is 0 Å². The van der Waals surface area contributed by atoms with Gasteiger partial charge < -0.3 is 27.9 Å². The van der Waals surface area contributed by atoms with E-state index >= 15 is 0 Å². The minimum Gasteiger partial charge on any atom is -0.598 e. The number of morpholine rings is 1. The first-order chi connectivity index (χ1) is 19.8. The molecule has 1 aromatic carbocycles.